The van der Waals surface area contributed by atoms with Crippen molar-refractivity contribution in [3.05, 3.63) is 48.4 Å². The van der Waals surface area contributed by atoms with Crippen LogP contribution in [0.25, 0.3) is 16.6 Å². The summed E-state index contributed by atoms with van der Waals surface area (Å²) in [7, 11) is 0. The van der Waals surface area contributed by atoms with Crippen LogP contribution in [-0.4, -0.2) is 20.0 Å². The highest BCUT2D eigenvalue weighted by atomic mass is 79.9. The van der Waals surface area contributed by atoms with E-state index in [9.17, 15) is 0 Å². The summed E-state index contributed by atoms with van der Waals surface area (Å²) in [5.41, 5.74) is 2.91. The molecule has 19 heavy (non-hydrogen) atoms. The molecule has 1 unspecified atom stereocenters. The zero-order valence-corrected chi connectivity index (χ0v) is 12.1. The van der Waals surface area contributed by atoms with Crippen LogP contribution in [0.5, 0.6) is 0 Å². The molecule has 0 aliphatic carbocycles. The summed E-state index contributed by atoms with van der Waals surface area (Å²) >= 11 is 3.59. The van der Waals surface area contributed by atoms with Gasteiger partial charge in [-0.25, -0.2) is 4.68 Å². The lowest BCUT2D eigenvalue weighted by atomic mass is 10.2. The molecule has 3 aromatic rings. The third-order valence-electron chi connectivity index (χ3n) is 3.06. The first kappa shape index (κ1) is 12.3. The van der Waals surface area contributed by atoms with E-state index in [4.69, 9.17) is 0 Å². The highest BCUT2D eigenvalue weighted by Crippen LogP contribution is 2.25. The van der Waals surface area contributed by atoms with Gasteiger partial charge in [-0.15, -0.1) is 5.10 Å². The number of benzene rings is 1. The smallest absolute Gasteiger partial charge is 0.0967 e. The van der Waals surface area contributed by atoms with Gasteiger partial charge in [0.15, 0.2) is 0 Å². The van der Waals surface area contributed by atoms with Crippen molar-refractivity contribution in [2.24, 2.45) is 0 Å². The van der Waals surface area contributed by atoms with Crippen LogP contribution in [0, 0.1) is 0 Å². The lowest BCUT2D eigenvalue weighted by Gasteiger charge is -2.04. The number of fused-ring (bicyclic) bond motifs is 1. The maximum atomic E-state index is 4.35. The van der Waals surface area contributed by atoms with Crippen LogP contribution in [0.3, 0.4) is 0 Å². The Bertz CT molecular complexity index is 702. The van der Waals surface area contributed by atoms with E-state index in [2.05, 4.69) is 38.1 Å². The van der Waals surface area contributed by atoms with E-state index in [1.54, 1.807) is 6.20 Å². The molecule has 96 valence electrons. The summed E-state index contributed by atoms with van der Waals surface area (Å²) in [6, 6.07) is 9.98. The fraction of sp³-hybridized carbons (Fsp3) is 0.214. The molecule has 4 nitrogen and oxygen atoms in total. The largest absolute Gasteiger partial charge is 0.256 e. The summed E-state index contributed by atoms with van der Waals surface area (Å²) in [5, 5.41) is 9.50. The second-order valence-corrected chi connectivity index (χ2v) is 5.42. The first-order valence-electron chi connectivity index (χ1n) is 6.20. The number of hydrogen-bond acceptors (Lipinski definition) is 3. The van der Waals surface area contributed by atoms with Crippen LogP contribution in [0.1, 0.15) is 23.9 Å². The Morgan fingerprint density at radius 2 is 2.16 bits per heavy atom. The fourth-order valence-corrected chi connectivity index (χ4v) is 2.24. The molecule has 0 fully saturated rings. The monoisotopic (exact) mass is 316 g/mol. The molecule has 1 atom stereocenters. The average molecular weight is 317 g/mol. The van der Waals surface area contributed by atoms with E-state index >= 15 is 0 Å². The second kappa shape index (κ2) is 5.09. The van der Waals surface area contributed by atoms with Gasteiger partial charge in [-0.3, -0.25) is 4.98 Å². The van der Waals surface area contributed by atoms with E-state index in [1.807, 2.05) is 41.2 Å². The molecule has 0 spiro atoms. The number of hydrogen-bond donors (Lipinski definition) is 0. The molecular weight excluding hydrogens is 304 g/mol. The minimum atomic E-state index is 0.245. The first-order valence-corrected chi connectivity index (χ1v) is 7.11. The summed E-state index contributed by atoms with van der Waals surface area (Å²) in [5.74, 6) is 0. The lowest BCUT2D eigenvalue weighted by Crippen LogP contribution is -1.96. The predicted octanol–water partition coefficient (Wildman–Crippen LogP) is 3.66. The molecule has 0 amide bonds. The van der Waals surface area contributed by atoms with E-state index in [1.165, 1.54) is 0 Å². The number of aromatic nitrogens is 4. The molecule has 3 rings (SSSR count). The molecule has 2 aromatic heterocycles. The molecule has 0 aliphatic rings. The first-order chi connectivity index (χ1) is 9.29. The standard InChI is InChI=1S/C14H13BrN4/c1-2-11(15)13-9-19(18-17-13)14-7-3-6-12-10(14)5-4-8-16-12/h3-9,11H,2H2,1H3. The highest BCUT2D eigenvalue weighted by Gasteiger charge is 2.11. The predicted molar refractivity (Wildman–Crippen MR) is 78.6 cm³/mol. The number of pyridine rings is 1. The van der Waals surface area contributed by atoms with Crippen molar-refractivity contribution in [1.29, 1.82) is 0 Å². The maximum Gasteiger partial charge on any atom is 0.0967 e. The van der Waals surface area contributed by atoms with Gasteiger partial charge >= 0.3 is 0 Å². The van der Waals surface area contributed by atoms with E-state index in [0.29, 0.717) is 0 Å². The highest BCUT2D eigenvalue weighted by molar-refractivity contribution is 9.09. The number of nitrogens with zero attached hydrogens (tertiary/aromatic N) is 4. The van der Waals surface area contributed by atoms with Crippen molar-refractivity contribution in [2.75, 3.05) is 0 Å². The molecule has 0 saturated carbocycles. The Hall–Kier alpha value is -1.75. The van der Waals surface area contributed by atoms with Crippen LogP contribution < -0.4 is 0 Å². The Labute approximate surface area is 119 Å². The van der Waals surface area contributed by atoms with E-state index < -0.39 is 0 Å². The Morgan fingerprint density at radius 1 is 1.26 bits per heavy atom. The van der Waals surface area contributed by atoms with E-state index in [-0.39, 0.29) is 4.83 Å². The van der Waals surface area contributed by atoms with Crippen molar-refractivity contribution >= 4 is 26.8 Å². The van der Waals surface area contributed by atoms with Crippen molar-refractivity contribution < 1.29 is 0 Å². The Balaban J connectivity index is 2.12. The maximum absolute atomic E-state index is 4.35. The third-order valence-corrected chi connectivity index (χ3v) is 4.18. The normalized spacial score (nSPS) is 12.7. The van der Waals surface area contributed by atoms with Gasteiger partial charge in [0.25, 0.3) is 0 Å². The Kier molecular flexibility index (Phi) is 3.29. The number of alkyl halides is 1. The molecule has 5 heteroatoms. The van der Waals surface area contributed by atoms with Crippen LogP contribution in [-0.2, 0) is 0 Å². The molecular formula is C14H13BrN4. The summed E-state index contributed by atoms with van der Waals surface area (Å²) in [6.45, 7) is 2.11. The minimum absolute atomic E-state index is 0.245. The SMILES string of the molecule is CCC(Br)c1cn(-c2cccc3ncccc23)nn1. The van der Waals surface area contributed by atoms with Gasteiger partial charge in [-0.1, -0.05) is 34.1 Å². The lowest BCUT2D eigenvalue weighted by molar-refractivity contribution is 0.794. The van der Waals surface area contributed by atoms with Gasteiger partial charge in [0.1, 0.15) is 0 Å². The van der Waals surface area contributed by atoms with Gasteiger partial charge in [-0.05, 0) is 30.7 Å². The van der Waals surface area contributed by atoms with Crippen molar-refractivity contribution in [2.45, 2.75) is 18.2 Å². The molecule has 0 N–H and O–H groups in total. The van der Waals surface area contributed by atoms with Gasteiger partial charge in [0.2, 0.25) is 0 Å². The van der Waals surface area contributed by atoms with Crippen LogP contribution in [0.2, 0.25) is 0 Å². The zero-order valence-electron chi connectivity index (χ0n) is 10.5. The zero-order chi connectivity index (χ0) is 13.2. The van der Waals surface area contributed by atoms with Gasteiger partial charge in [-0.2, -0.15) is 0 Å². The second-order valence-electron chi connectivity index (χ2n) is 4.31. The number of rotatable bonds is 3. The van der Waals surface area contributed by atoms with E-state index in [0.717, 1.165) is 28.7 Å². The molecule has 1 aromatic carbocycles. The molecule has 0 aliphatic heterocycles. The average Bonchev–Trinajstić information content (AvgIpc) is 2.95. The quantitative estimate of drug-likeness (QED) is 0.692. The van der Waals surface area contributed by atoms with Crippen LogP contribution in [0.4, 0.5) is 0 Å². The minimum Gasteiger partial charge on any atom is -0.256 e. The summed E-state index contributed by atoms with van der Waals surface area (Å²) in [6.07, 6.45) is 4.74. The van der Waals surface area contributed by atoms with Gasteiger partial charge in [0, 0.05) is 11.6 Å². The Morgan fingerprint density at radius 3 is 3.00 bits per heavy atom. The summed E-state index contributed by atoms with van der Waals surface area (Å²) in [4.78, 5) is 4.60. The van der Waals surface area contributed by atoms with Crippen molar-refractivity contribution in [3.8, 4) is 5.69 Å². The summed E-state index contributed by atoms with van der Waals surface area (Å²) < 4.78 is 1.81. The van der Waals surface area contributed by atoms with Gasteiger partial charge < -0.3 is 0 Å². The topological polar surface area (TPSA) is 43.6 Å². The molecule has 0 radical (unpaired) electrons. The molecule has 0 bridgehead atoms. The van der Waals surface area contributed by atoms with Crippen LogP contribution >= 0.6 is 15.9 Å². The van der Waals surface area contributed by atoms with Gasteiger partial charge in [0.05, 0.1) is 27.9 Å². The molecule has 0 saturated heterocycles. The van der Waals surface area contributed by atoms with Crippen molar-refractivity contribution in [1.82, 2.24) is 20.0 Å². The van der Waals surface area contributed by atoms with Crippen LogP contribution in [0.15, 0.2) is 42.7 Å². The van der Waals surface area contributed by atoms with Crippen molar-refractivity contribution in [3.63, 3.8) is 0 Å². The number of halogens is 1. The molecule has 2 heterocycles. The third kappa shape index (κ3) is 2.26. The fourth-order valence-electron chi connectivity index (χ4n) is 2.03.